The summed E-state index contributed by atoms with van der Waals surface area (Å²) in [5.74, 6) is 0.162. The molecule has 0 saturated heterocycles. The normalized spacial score (nSPS) is 21.1. The van der Waals surface area contributed by atoms with Crippen molar-refractivity contribution in [2.75, 3.05) is 6.54 Å². The number of hydrogen-bond donors (Lipinski definition) is 1. The van der Waals surface area contributed by atoms with Gasteiger partial charge in [0.2, 0.25) is 5.91 Å². The van der Waals surface area contributed by atoms with Gasteiger partial charge in [-0.15, -0.1) is 11.3 Å². The van der Waals surface area contributed by atoms with E-state index in [4.69, 9.17) is 0 Å². The van der Waals surface area contributed by atoms with Crippen molar-refractivity contribution in [2.45, 2.75) is 45.3 Å². The molecule has 0 radical (unpaired) electrons. The quantitative estimate of drug-likeness (QED) is 0.898. The van der Waals surface area contributed by atoms with Crippen LogP contribution in [0.4, 0.5) is 0 Å². The number of carbonyl (C=O) groups excluding carboxylic acids is 1. The molecule has 0 fully saturated rings. The van der Waals surface area contributed by atoms with Crippen molar-refractivity contribution in [1.29, 1.82) is 0 Å². The molecule has 1 N–H and O–H groups in total. The van der Waals surface area contributed by atoms with Gasteiger partial charge in [0, 0.05) is 17.8 Å². The number of carbonyl (C=O) groups is 1. The first-order valence-corrected chi connectivity index (χ1v) is 7.01. The Balaban J connectivity index is 2.02. The maximum Gasteiger partial charge on any atom is 0.223 e. The number of nitrogens with zero attached hydrogens (tertiary/aromatic N) is 1. The molecule has 1 aromatic rings. The van der Waals surface area contributed by atoms with Crippen molar-refractivity contribution in [1.82, 2.24) is 4.90 Å². The van der Waals surface area contributed by atoms with Crippen LogP contribution < -0.4 is 0 Å². The molecule has 2 rings (SSSR count). The fraction of sp³-hybridized carbons (Fsp3) is 0.615. The summed E-state index contributed by atoms with van der Waals surface area (Å²) < 4.78 is 0. The third-order valence-corrected chi connectivity index (χ3v) is 4.37. The molecule has 1 amide bonds. The first kappa shape index (κ1) is 12.6. The summed E-state index contributed by atoms with van der Waals surface area (Å²) in [6.07, 6.45) is 1.58. The van der Waals surface area contributed by atoms with Crippen LogP contribution in [0.15, 0.2) is 11.4 Å². The first-order chi connectivity index (χ1) is 8.09. The lowest BCUT2D eigenvalue weighted by Gasteiger charge is -2.33. The highest BCUT2D eigenvalue weighted by Gasteiger charge is 2.27. The van der Waals surface area contributed by atoms with Crippen LogP contribution in [0.5, 0.6) is 0 Å². The summed E-state index contributed by atoms with van der Waals surface area (Å²) in [7, 11) is 0. The van der Waals surface area contributed by atoms with Crippen molar-refractivity contribution in [2.24, 2.45) is 0 Å². The highest BCUT2D eigenvalue weighted by Crippen LogP contribution is 2.33. The van der Waals surface area contributed by atoms with Crippen LogP contribution >= 0.6 is 11.3 Å². The Labute approximate surface area is 106 Å². The summed E-state index contributed by atoms with van der Waals surface area (Å²) in [5.41, 5.74) is 1.30. The summed E-state index contributed by atoms with van der Waals surface area (Å²) in [6, 6.07) is 2.31. The van der Waals surface area contributed by atoms with E-state index < -0.39 is 6.10 Å². The van der Waals surface area contributed by atoms with Gasteiger partial charge in [-0.1, -0.05) is 0 Å². The van der Waals surface area contributed by atoms with Gasteiger partial charge < -0.3 is 10.0 Å². The number of amides is 1. The van der Waals surface area contributed by atoms with Gasteiger partial charge in [-0.2, -0.15) is 0 Å². The van der Waals surface area contributed by atoms with E-state index in [9.17, 15) is 9.90 Å². The van der Waals surface area contributed by atoms with Crippen molar-refractivity contribution < 1.29 is 9.90 Å². The maximum absolute atomic E-state index is 12.1. The molecule has 2 heterocycles. The van der Waals surface area contributed by atoms with Gasteiger partial charge in [0.15, 0.2) is 0 Å². The number of thiophene rings is 1. The molecule has 0 bridgehead atoms. The van der Waals surface area contributed by atoms with Crippen molar-refractivity contribution in [3.05, 3.63) is 21.9 Å². The standard InChI is InChI=1S/C13H19NO2S/c1-9(15)3-4-13(16)14-7-5-12-11(10(14)2)6-8-17-12/h6,8-10,15H,3-5,7H2,1-2H3. The Morgan fingerprint density at radius 3 is 3.18 bits per heavy atom. The molecular weight excluding hydrogens is 234 g/mol. The summed E-state index contributed by atoms with van der Waals surface area (Å²) in [5, 5.41) is 11.3. The van der Waals surface area contributed by atoms with Gasteiger partial charge in [-0.25, -0.2) is 0 Å². The average molecular weight is 253 g/mol. The SMILES string of the molecule is CC(O)CCC(=O)N1CCc2sccc2C1C. The van der Waals surface area contributed by atoms with Gasteiger partial charge in [0.05, 0.1) is 12.1 Å². The van der Waals surface area contributed by atoms with Crippen LogP contribution in [0.1, 0.15) is 43.2 Å². The predicted octanol–water partition coefficient (Wildman–Crippen LogP) is 2.35. The lowest BCUT2D eigenvalue weighted by atomic mass is 10.0. The second-order valence-electron chi connectivity index (χ2n) is 4.70. The third-order valence-electron chi connectivity index (χ3n) is 3.37. The zero-order valence-corrected chi connectivity index (χ0v) is 11.2. The number of rotatable bonds is 3. The smallest absolute Gasteiger partial charge is 0.223 e. The van der Waals surface area contributed by atoms with Crippen molar-refractivity contribution in [3.8, 4) is 0 Å². The van der Waals surface area contributed by atoms with Crippen LogP contribution in [-0.2, 0) is 11.2 Å². The number of aliphatic hydroxyl groups is 1. The van der Waals surface area contributed by atoms with Crippen molar-refractivity contribution >= 4 is 17.2 Å². The van der Waals surface area contributed by atoms with Gasteiger partial charge in [-0.3, -0.25) is 4.79 Å². The monoisotopic (exact) mass is 253 g/mol. The summed E-state index contributed by atoms with van der Waals surface area (Å²) in [4.78, 5) is 15.4. The van der Waals surface area contributed by atoms with Crippen LogP contribution in [0.25, 0.3) is 0 Å². The van der Waals surface area contributed by atoms with Gasteiger partial charge in [0.25, 0.3) is 0 Å². The van der Waals surface area contributed by atoms with E-state index >= 15 is 0 Å². The topological polar surface area (TPSA) is 40.5 Å². The fourth-order valence-electron chi connectivity index (χ4n) is 2.33. The lowest BCUT2D eigenvalue weighted by Crippen LogP contribution is -2.38. The summed E-state index contributed by atoms with van der Waals surface area (Å²) in [6.45, 7) is 4.63. The zero-order chi connectivity index (χ0) is 12.4. The molecule has 4 heteroatoms. The maximum atomic E-state index is 12.1. The number of fused-ring (bicyclic) bond motifs is 1. The molecule has 0 spiro atoms. The van der Waals surface area contributed by atoms with E-state index in [0.717, 1.165) is 13.0 Å². The molecule has 94 valence electrons. The average Bonchev–Trinajstić information content (AvgIpc) is 2.75. The highest BCUT2D eigenvalue weighted by molar-refractivity contribution is 7.10. The minimum Gasteiger partial charge on any atom is -0.393 e. The van der Waals surface area contributed by atoms with Gasteiger partial charge in [-0.05, 0) is 43.7 Å². The van der Waals surface area contributed by atoms with Crippen LogP contribution in [-0.4, -0.2) is 28.6 Å². The second kappa shape index (κ2) is 5.19. The summed E-state index contributed by atoms with van der Waals surface area (Å²) >= 11 is 1.78. The minimum atomic E-state index is -0.393. The molecule has 2 unspecified atom stereocenters. The largest absolute Gasteiger partial charge is 0.393 e. The first-order valence-electron chi connectivity index (χ1n) is 6.13. The molecule has 1 aliphatic heterocycles. The Morgan fingerprint density at radius 2 is 2.47 bits per heavy atom. The Bertz CT molecular complexity index is 400. The molecule has 1 aliphatic rings. The second-order valence-corrected chi connectivity index (χ2v) is 5.70. The van der Waals surface area contributed by atoms with E-state index in [1.54, 1.807) is 18.3 Å². The van der Waals surface area contributed by atoms with E-state index in [0.29, 0.717) is 12.8 Å². The molecule has 0 aliphatic carbocycles. The number of aliphatic hydroxyl groups excluding tert-OH is 1. The molecule has 1 aromatic heterocycles. The zero-order valence-electron chi connectivity index (χ0n) is 10.3. The van der Waals surface area contributed by atoms with E-state index in [2.05, 4.69) is 18.4 Å². The van der Waals surface area contributed by atoms with Gasteiger partial charge >= 0.3 is 0 Å². The molecule has 3 nitrogen and oxygen atoms in total. The van der Waals surface area contributed by atoms with Gasteiger partial charge in [0.1, 0.15) is 0 Å². The third kappa shape index (κ3) is 2.69. The molecular formula is C13H19NO2S. The van der Waals surface area contributed by atoms with Crippen LogP contribution in [0.3, 0.4) is 0 Å². The highest BCUT2D eigenvalue weighted by atomic mass is 32.1. The number of hydrogen-bond acceptors (Lipinski definition) is 3. The molecule has 0 aromatic carbocycles. The van der Waals surface area contributed by atoms with Crippen molar-refractivity contribution in [3.63, 3.8) is 0 Å². The predicted molar refractivity (Wildman–Crippen MR) is 69.1 cm³/mol. The minimum absolute atomic E-state index is 0.162. The molecule has 0 saturated carbocycles. The van der Waals surface area contributed by atoms with Crippen LogP contribution in [0, 0.1) is 0 Å². The molecule has 2 atom stereocenters. The molecule has 17 heavy (non-hydrogen) atoms. The van der Waals surface area contributed by atoms with E-state index in [1.165, 1.54) is 10.4 Å². The Hall–Kier alpha value is -0.870. The fourth-order valence-corrected chi connectivity index (χ4v) is 3.29. The Morgan fingerprint density at radius 1 is 1.71 bits per heavy atom. The van der Waals surface area contributed by atoms with E-state index in [1.807, 2.05) is 4.90 Å². The Kier molecular flexibility index (Phi) is 3.84. The van der Waals surface area contributed by atoms with Crippen LogP contribution in [0.2, 0.25) is 0 Å². The van der Waals surface area contributed by atoms with E-state index in [-0.39, 0.29) is 11.9 Å². The lowest BCUT2D eigenvalue weighted by molar-refractivity contribution is -0.134.